The summed E-state index contributed by atoms with van der Waals surface area (Å²) in [5.74, 6) is 1.08. The Balaban J connectivity index is 0.00000182. The van der Waals surface area contributed by atoms with Crippen LogP contribution < -0.4 is 5.73 Å². The average molecular weight is 361 g/mol. The van der Waals surface area contributed by atoms with Gasteiger partial charge < -0.3 is 15.2 Å². The number of hydrogen-bond acceptors (Lipinski definition) is 5. The van der Waals surface area contributed by atoms with Gasteiger partial charge in [-0.15, -0.1) is 12.4 Å². The second-order valence-corrected chi connectivity index (χ2v) is 6.61. The number of amides is 1. The van der Waals surface area contributed by atoms with E-state index in [0.717, 1.165) is 30.4 Å². The van der Waals surface area contributed by atoms with Crippen LogP contribution in [0.2, 0.25) is 0 Å². The summed E-state index contributed by atoms with van der Waals surface area (Å²) in [4.78, 5) is 18.2. The number of carbonyl (C=O) groups excluding carboxylic acids is 1. The van der Waals surface area contributed by atoms with Gasteiger partial charge in [-0.25, -0.2) is 0 Å². The first-order chi connectivity index (χ1) is 11.6. The Labute approximate surface area is 152 Å². The molecule has 0 saturated heterocycles. The molecule has 25 heavy (non-hydrogen) atoms. The van der Waals surface area contributed by atoms with Crippen molar-refractivity contribution >= 4 is 24.4 Å². The summed E-state index contributed by atoms with van der Waals surface area (Å²) in [6.07, 6.45) is 7.13. The molecule has 0 radical (unpaired) electrons. The number of carbonyl (C=O) groups is 1. The minimum Gasteiger partial charge on any atom is -0.339 e. The predicted octanol–water partition coefficient (Wildman–Crippen LogP) is 2.95. The van der Waals surface area contributed by atoms with E-state index >= 15 is 0 Å². The SMILES string of the molecule is CC(=O)N1C=Cc2ccccc2C1Cc1nc(C2(N)CCC2)no1.Cl. The first kappa shape index (κ1) is 17.6. The highest BCUT2D eigenvalue weighted by molar-refractivity contribution is 5.85. The molecular formula is C18H21ClN4O2. The normalized spacial score (nSPS) is 20.4. The molecule has 1 amide bonds. The second-order valence-electron chi connectivity index (χ2n) is 6.61. The van der Waals surface area contributed by atoms with Crippen LogP contribution in [0.1, 0.15) is 55.1 Å². The molecule has 132 valence electrons. The molecular weight excluding hydrogens is 340 g/mol. The van der Waals surface area contributed by atoms with Crippen LogP contribution in [0.25, 0.3) is 6.08 Å². The second kappa shape index (κ2) is 6.61. The van der Waals surface area contributed by atoms with Crippen molar-refractivity contribution in [2.24, 2.45) is 5.73 Å². The lowest BCUT2D eigenvalue weighted by Crippen LogP contribution is -2.44. The van der Waals surface area contributed by atoms with E-state index in [1.165, 1.54) is 0 Å². The quantitative estimate of drug-likeness (QED) is 0.909. The maximum Gasteiger partial charge on any atom is 0.229 e. The van der Waals surface area contributed by atoms with Gasteiger partial charge in [-0.2, -0.15) is 4.98 Å². The van der Waals surface area contributed by atoms with E-state index in [1.54, 1.807) is 11.8 Å². The molecule has 2 aliphatic rings. The largest absolute Gasteiger partial charge is 0.339 e. The van der Waals surface area contributed by atoms with E-state index in [1.807, 2.05) is 36.5 Å². The minimum absolute atomic E-state index is 0. The fraction of sp³-hybridized carbons (Fsp3) is 0.389. The Morgan fingerprint density at radius 2 is 2.16 bits per heavy atom. The van der Waals surface area contributed by atoms with Gasteiger partial charge in [-0.3, -0.25) is 4.79 Å². The van der Waals surface area contributed by atoms with E-state index in [2.05, 4.69) is 10.1 Å². The third kappa shape index (κ3) is 3.07. The first-order valence-electron chi connectivity index (χ1n) is 8.25. The molecule has 1 saturated carbocycles. The van der Waals surface area contributed by atoms with Crippen LogP contribution in [0, 0.1) is 0 Å². The molecule has 0 spiro atoms. The van der Waals surface area contributed by atoms with Crippen LogP contribution in [-0.2, 0) is 16.8 Å². The smallest absolute Gasteiger partial charge is 0.229 e. The van der Waals surface area contributed by atoms with Crippen LogP contribution in [0.5, 0.6) is 0 Å². The molecule has 4 rings (SSSR count). The number of benzene rings is 1. The van der Waals surface area contributed by atoms with Gasteiger partial charge >= 0.3 is 0 Å². The molecule has 1 aliphatic carbocycles. The molecule has 2 heterocycles. The Kier molecular flexibility index (Phi) is 4.67. The van der Waals surface area contributed by atoms with Crippen LogP contribution in [0.4, 0.5) is 0 Å². The molecule has 0 bridgehead atoms. The van der Waals surface area contributed by atoms with E-state index in [-0.39, 0.29) is 24.4 Å². The van der Waals surface area contributed by atoms with Crippen molar-refractivity contribution in [1.29, 1.82) is 0 Å². The number of nitrogens with zero attached hydrogens (tertiary/aromatic N) is 3. The number of nitrogens with two attached hydrogens (primary N) is 1. The molecule has 1 atom stereocenters. The van der Waals surface area contributed by atoms with Crippen molar-refractivity contribution in [3.8, 4) is 0 Å². The number of rotatable bonds is 3. The van der Waals surface area contributed by atoms with Crippen molar-refractivity contribution < 1.29 is 9.32 Å². The molecule has 1 aliphatic heterocycles. The molecule has 6 nitrogen and oxygen atoms in total. The van der Waals surface area contributed by atoms with Gasteiger partial charge in [-0.1, -0.05) is 29.4 Å². The van der Waals surface area contributed by atoms with Gasteiger partial charge in [0.1, 0.15) is 0 Å². The number of halogens is 1. The number of fused-ring (bicyclic) bond motifs is 1. The topological polar surface area (TPSA) is 85.2 Å². The third-order valence-corrected chi connectivity index (χ3v) is 5.00. The Morgan fingerprint density at radius 1 is 1.40 bits per heavy atom. The summed E-state index contributed by atoms with van der Waals surface area (Å²) in [6, 6.07) is 7.90. The maximum atomic E-state index is 12.0. The first-order valence-corrected chi connectivity index (χ1v) is 8.25. The average Bonchev–Trinajstić information content (AvgIpc) is 3.01. The Hall–Kier alpha value is -2.18. The Bertz CT molecular complexity index is 813. The lowest BCUT2D eigenvalue weighted by Gasteiger charge is -2.34. The lowest BCUT2D eigenvalue weighted by molar-refractivity contribution is -0.128. The van der Waals surface area contributed by atoms with Gasteiger partial charge in [0.15, 0.2) is 5.82 Å². The summed E-state index contributed by atoms with van der Waals surface area (Å²) < 4.78 is 5.43. The van der Waals surface area contributed by atoms with Crippen molar-refractivity contribution in [3.05, 3.63) is 53.3 Å². The predicted molar refractivity (Wildman–Crippen MR) is 95.7 cm³/mol. The van der Waals surface area contributed by atoms with E-state index in [9.17, 15) is 4.79 Å². The van der Waals surface area contributed by atoms with Crippen molar-refractivity contribution in [2.75, 3.05) is 0 Å². The summed E-state index contributed by atoms with van der Waals surface area (Å²) >= 11 is 0. The summed E-state index contributed by atoms with van der Waals surface area (Å²) in [7, 11) is 0. The van der Waals surface area contributed by atoms with Crippen molar-refractivity contribution in [2.45, 2.75) is 44.2 Å². The highest BCUT2D eigenvalue weighted by Gasteiger charge is 2.39. The molecule has 1 fully saturated rings. The van der Waals surface area contributed by atoms with Gasteiger partial charge in [-0.05, 0) is 36.5 Å². The zero-order chi connectivity index (χ0) is 16.7. The zero-order valence-corrected chi connectivity index (χ0v) is 14.8. The summed E-state index contributed by atoms with van der Waals surface area (Å²) in [6.45, 7) is 1.56. The standard InChI is InChI=1S/C18H20N4O2.ClH/c1-12(23)22-10-7-13-5-2-3-6-14(13)15(22)11-16-20-17(21-24-16)18(19)8-4-9-18;/h2-3,5-7,10,15H,4,8-9,11,19H2,1H3;1H. The van der Waals surface area contributed by atoms with Gasteiger partial charge in [0.05, 0.1) is 18.0 Å². The zero-order valence-electron chi connectivity index (χ0n) is 14.0. The van der Waals surface area contributed by atoms with E-state index in [4.69, 9.17) is 10.3 Å². The lowest BCUT2D eigenvalue weighted by atomic mass is 9.77. The maximum absolute atomic E-state index is 12.0. The van der Waals surface area contributed by atoms with Crippen LogP contribution in [0.3, 0.4) is 0 Å². The molecule has 1 aromatic heterocycles. The van der Waals surface area contributed by atoms with E-state index < -0.39 is 5.54 Å². The Morgan fingerprint density at radius 3 is 2.84 bits per heavy atom. The fourth-order valence-corrected chi connectivity index (χ4v) is 3.40. The van der Waals surface area contributed by atoms with Gasteiger partial charge in [0.2, 0.25) is 11.8 Å². The fourth-order valence-electron chi connectivity index (χ4n) is 3.40. The summed E-state index contributed by atoms with van der Waals surface area (Å²) in [5.41, 5.74) is 8.01. The van der Waals surface area contributed by atoms with Crippen LogP contribution in [-0.4, -0.2) is 20.9 Å². The number of aromatic nitrogens is 2. The van der Waals surface area contributed by atoms with Crippen molar-refractivity contribution in [1.82, 2.24) is 15.0 Å². The van der Waals surface area contributed by atoms with Gasteiger partial charge in [0.25, 0.3) is 0 Å². The molecule has 2 aromatic rings. The third-order valence-electron chi connectivity index (χ3n) is 5.00. The highest BCUT2D eigenvalue weighted by Crippen LogP contribution is 2.38. The van der Waals surface area contributed by atoms with Crippen LogP contribution in [0.15, 0.2) is 35.0 Å². The molecule has 1 aromatic carbocycles. The van der Waals surface area contributed by atoms with E-state index in [0.29, 0.717) is 18.1 Å². The van der Waals surface area contributed by atoms with Crippen molar-refractivity contribution in [3.63, 3.8) is 0 Å². The summed E-state index contributed by atoms with van der Waals surface area (Å²) in [5, 5.41) is 4.07. The van der Waals surface area contributed by atoms with Gasteiger partial charge in [0, 0.05) is 13.1 Å². The highest BCUT2D eigenvalue weighted by atomic mass is 35.5. The monoisotopic (exact) mass is 360 g/mol. The number of hydrogen-bond donors (Lipinski definition) is 1. The minimum atomic E-state index is -0.438. The molecule has 1 unspecified atom stereocenters. The van der Waals surface area contributed by atoms with Crippen LogP contribution >= 0.6 is 12.4 Å². The molecule has 7 heteroatoms. The molecule has 2 N–H and O–H groups in total.